The van der Waals surface area contributed by atoms with Crippen LogP contribution >= 0.6 is 0 Å². The van der Waals surface area contributed by atoms with Crippen LogP contribution < -0.4 is 5.32 Å². The van der Waals surface area contributed by atoms with Crippen LogP contribution in [-0.4, -0.2) is 92.8 Å². The summed E-state index contributed by atoms with van der Waals surface area (Å²) in [6, 6.07) is -1.21. The molecule has 1 aliphatic rings. The lowest BCUT2D eigenvalue weighted by Crippen LogP contribution is -2.67. The maximum atomic E-state index is 11.6. The first-order valence-electron chi connectivity index (χ1n) is 6.57. The van der Waals surface area contributed by atoms with Crippen LogP contribution in [0.3, 0.4) is 0 Å². The maximum absolute atomic E-state index is 11.6. The van der Waals surface area contributed by atoms with Crippen LogP contribution in [0.15, 0.2) is 0 Å². The van der Waals surface area contributed by atoms with Gasteiger partial charge in [0, 0.05) is 13.3 Å². The standard InChI is InChI=1S/C12H21NO9.H2O/c1-5(15)13-8-6(16)3-12(20,11(19)21-2)22-10(8)9(18)7(17)4-14;/h6-10,14,16-18,20H,3-4H2,1-2H3,(H,13,15);1H2/t6-,7?,8+,9?,10+,12?;/m0./s1. The Labute approximate surface area is 131 Å². The van der Waals surface area contributed by atoms with Crippen molar-refractivity contribution in [3.8, 4) is 0 Å². The lowest BCUT2D eigenvalue weighted by molar-refractivity contribution is -0.296. The van der Waals surface area contributed by atoms with Crippen LogP contribution in [-0.2, 0) is 19.1 Å². The second kappa shape index (κ2) is 8.49. The fourth-order valence-electron chi connectivity index (χ4n) is 2.29. The predicted octanol–water partition coefficient (Wildman–Crippen LogP) is -4.61. The van der Waals surface area contributed by atoms with Crippen molar-refractivity contribution < 1.29 is 50.1 Å². The first kappa shape index (κ1) is 21.7. The molecule has 8 N–H and O–H groups in total. The van der Waals surface area contributed by atoms with E-state index in [1.165, 1.54) is 0 Å². The fraction of sp³-hybridized carbons (Fsp3) is 0.833. The van der Waals surface area contributed by atoms with Crippen molar-refractivity contribution in [1.82, 2.24) is 5.32 Å². The minimum Gasteiger partial charge on any atom is -0.465 e. The van der Waals surface area contributed by atoms with Gasteiger partial charge in [0.15, 0.2) is 0 Å². The Hall–Kier alpha value is -1.34. The fourth-order valence-corrected chi connectivity index (χ4v) is 2.29. The van der Waals surface area contributed by atoms with E-state index in [4.69, 9.17) is 9.84 Å². The van der Waals surface area contributed by atoms with E-state index < -0.39 is 61.1 Å². The average Bonchev–Trinajstić information content (AvgIpc) is 2.46. The van der Waals surface area contributed by atoms with E-state index in [1.54, 1.807) is 0 Å². The van der Waals surface area contributed by atoms with Gasteiger partial charge in [0.05, 0.1) is 25.9 Å². The number of carbonyl (C=O) groups is 2. The monoisotopic (exact) mass is 341 g/mol. The minimum absolute atomic E-state index is 0. The van der Waals surface area contributed by atoms with Crippen molar-refractivity contribution in [2.24, 2.45) is 0 Å². The second-order valence-corrected chi connectivity index (χ2v) is 5.10. The lowest BCUT2D eigenvalue weighted by Gasteiger charge is -2.45. The van der Waals surface area contributed by atoms with Crippen LogP contribution in [0.1, 0.15) is 13.3 Å². The molecule has 0 aliphatic carbocycles. The molecule has 23 heavy (non-hydrogen) atoms. The summed E-state index contributed by atoms with van der Waals surface area (Å²) in [5.74, 6) is -4.32. The summed E-state index contributed by atoms with van der Waals surface area (Å²) in [7, 11) is 0.990. The lowest BCUT2D eigenvalue weighted by atomic mass is 9.88. The van der Waals surface area contributed by atoms with Gasteiger partial charge < -0.3 is 45.8 Å². The van der Waals surface area contributed by atoms with Gasteiger partial charge in [0.1, 0.15) is 18.3 Å². The maximum Gasteiger partial charge on any atom is 0.366 e. The molecule has 11 nitrogen and oxygen atoms in total. The number of aliphatic hydroxyl groups excluding tert-OH is 4. The Bertz CT molecular complexity index is 419. The molecule has 3 unspecified atom stereocenters. The molecule has 0 aromatic heterocycles. The van der Waals surface area contributed by atoms with Gasteiger partial charge in [-0.15, -0.1) is 0 Å². The second-order valence-electron chi connectivity index (χ2n) is 5.10. The molecular formula is C12H23NO10. The Morgan fingerprint density at radius 2 is 2.00 bits per heavy atom. The molecule has 0 aromatic rings. The predicted molar refractivity (Wildman–Crippen MR) is 72.8 cm³/mol. The van der Waals surface area contributed by atoms with E-state index in [-0.39, 0.29) is 5.48 Å². The van der Waals surface area contributed by atoms with Gasteiger partial charge in [-0.3, -0.25) is 4.79 Å². The van der Waals surface area contributed by atoms with Gasteiger partial charge in [0.25, 0.3) is 5.79 Å². The molecule has 1 amide bonds. The molecule has 11 heteroatoms. The van der Waals surface area contributed by atoms with Crippen LogP contribution in [0.5, 0.6) is 0 Å². The van der Waals surface area contributed by atoms with E-state index in [2.05, 4.69) is 10.1 Å². The Morgan fingerprint density at radius 1 is 1.43 bits per heavy atom. The molecule has 0 aromatic carbocycles. The summed E-state index contributed by atoms with van der Waals surface area (Å²) in [6.07, 6.45) is -7.09. The molecule has 1 fully saturated rings. The number of nitrogens with one attached hydrogen (secondary N) is 1. The number of hydrogen-bond donors (Lipinski definition) is 6. The van der Waals surface area contributed by atoms with Crippen molar-refractivity contribution in [3.63, 3.8) is 0 Å². The number of hydrogen-bond acceptors (Lipinski definition) is 9. The molecule has 136 valence electrons. The molecule has 1 saturated heterocycles. The number of rotatable bonds is 5. The zero-order valence-corrected chi connectivity index (χ0v) is 12.7. The molecular weight excluding hydrogens is 318 g/mol. The normalized spacial score (nSPS) is 33.1. The molecule has 0 spiro atoms. The summed E-state index contributed by atoms with van der Waals surface area (Å²) < 4.78 is 9.45. The van der Waals surface area contributed by atoms with Gasteiger partial charge in [-0.1, -0.05) is 0 Å². The van der Waals surface area contributed by atoms with Crippen LogP contribution in [0.4, 0.5) is 0 Å². The molecule has 6 atom stereocenters. The first-order chi connectivity index (χ1) is 10.2. The van der Waals surface area contributed by atoms with E-state index >= 15 is 0 Å². The first-order valence-corrected chi connectivity index (χ1v) is 6.57. The molecule has 0 saturated carbocycles. The highest BCUT2D eigenvalue weighted by molar-refractivity contribution is 5.78. The van der Waals surface area contributed by atoms with E-state index in [0.717, 1.165) is 14.0 Å². The number of esters is 1. The van der Waals surface area contributed by atoms with Gasteiger partial charge >= 0.3 is 5.97 Å². The van der Waals surface area contributed by atoms with Gasteiger partial charge in [-0.2, -0.15) is 0 Å². The molecule has 1 rings (SSSR count). The van der Waals surface area contributed by atoms with Gasteiger partial charge in [-0.25, -0.2) is 4.79 Å². The van der Waals surface area contributed by atoms with E-state index in [9.17, 15) is 30.0 Å². The summed E-state index contributed by atoms with van der Waals surface area (Å²) in [4.78, 5) is 22.8. The third-order valence-electron chi connectivity index (χ3n) is 3.38. The largest absolute Gasteiger partial charge is 0.465 e. The van der Waals surface area contributed by atoms with Crippen LogP contribution in [0.25, 0.3) is 0 Å². The summed E-state index contributed by atoms with van der Waals surface area (Å²) in [6.45, 7) is 0.320. The number of carbonyl (C=O) groups excluding carboxylic acids is 2. The minimum atomic E-state index is -2.55. The highest BCUT2D eigenvalue weighted by Crippen LogP contribution is 2.31. The number of aliphatic hydroxyl groups is 5. The summed E-state index contributed by atoms with van der Waals surface area (Å²) >= 11 is 0. The topological polar surface area (TPSA) is 197 Å². The van der Waals surface area contributed by atoms with Crippen LogP contribution in [0, 0.1) is 0 Å². The summed E-state index contributed by atoms with van der Waals surface area (Å²) in [5, 5.41) is 50.8. The Morgan fingerprint density at radius 3 is 2.43 bits per heavy atom. The van der Waals surface area contributed by atoms with E-state index in [0.29, 0.717) is 0 Å². The quantitative estimate of drug-likeness (QED) is 0.266. The molecule has 0 bridgehead atoms. The van der Waals surface area contributed by atoms with Crippen molar-refractivity contribution in [3.05, 3.63) is 0 Å². The average molecular weight is 341 g/mol. The summed E-state index contributed by atoms with van der Waals surface area (Å²) in [5.41, 5.74) is 0. The Balaban J connectivity index is 0.00000484. The van der Waals surface area contributed by atoms with Crippen molar-refractivity contribution in [2.45, 2.75) is 49.6 Å². The smallest absolute Gasteiger partial charge is 0.366 e. The van der Waals surface area contributed by atoms with Crippen molar-refractivity contribution in [1.29, 1.82) is 0 Å². The Kier molecular flexibility index (Phi) is 8.00. The number of methoxy groups -OCH3 is 1. The van der Waals surface area contributed by atoms with Gasteiger partial charge in [-0.05, 0) is 0 Å². The third-order valence-corrected chi connectivity index (χ3v) is 3.38. The SMILES string of the molecule is COC(=O)C1(O)C[C@H](O)[C@@H](NC(C)=O)[C@H](C(O)C(O)CO)O1.O. The highest BCUT2D eigenvalue weighted by atomic mass is 16.7. The molecule has 1 aliphatic heterocycles. The number of ether oxygens (including phenoxy) is 2. The van der Waals surface area contributed by atoms with Gasteiger partial charge in [0.2, 0.25) is 5.91 Å². The van der Waals surface area contributed by atoms with Crippen molar-refractivity contribution in [2.75, 3.05) is 13.7 Å². The third kappa shape index (κ3) is 4.81. The van der Waals surface area contributed by atoms with Crippen LogP contribution in [0.2, 0.25) is 0 Å². The zero-order chi connectivity index (χ0) is 17.1. The molecule has 0 radical (unpaired) electrons. The number of amides is 1. The van der Waals surface area contributed by atoms with E-state index in [1.807, 2.05) is 0 Å². The zero-order valence-electron chi connectivity index (χ0n) is 12.7. The molecule has 1 heterocycles. The highest BCUT2D eigenvalue weighted by Gasteiger charge is 2.54. The van der Waals surface area contributed by atoms with Crippen molar-refractivity contribution >= 4 is 11.9 Å².